The van der Waals surface area contributed by atoms with Gasteiger partial charge in [0.2, 0.25) is 21.7 Å². The Morgan fingerprint density at radius 2 is 1.86 bits per heavy atom. The van der Waals surface area contributed by atoms with Crippen LogP contribution < -0.4 is 0 Å². The van der Waals surface area contributed by atoms with Gasteiger partial charge in [0.15, 0.2) is 0 Å². The maximum absolute atomic E-state index is 12.9. The lowest BCUT2D eigenvalue weighted by Gasteiger charge is -2.19. The van der Waals surface area contributed by atoms with Gasteiger partial charge in [0.25, 0.3) is 0 Å². The van der Waals surface area contributed by atoms with Crippen LogP contribution in [0.5, 0.6) is 0 Å². The van der Waals surface area contributed by atoms with Crippen molar-refractivity contribution in [3.05, 3.63) is 16.8 Å². The first kappa shape index (κ1) is 15.6. The number of hydrogen-bond donors (Lipinski definition) is 0. The summed E-state index contributed by atoms with van der Waals surface area (Å²) in [6, 6.07) is 1.67. The molecule has 0 atom stereocenters. The molecule has 8 heteroatoms. The highest BCUT2D eigenvalue weighted by molar-refractivity contribution is 7.89. The molecule has 0 radical (unpaired) electrons. The molecular weight excluding hydrogens is 322 g/mol. The van der Waals surface area contributed by atoms with Gasteiger partial charge in [-0.2, -0.15) is 9.29 Å². The molecule has 3 heterocycles. The Morgan fingerprint density at radius 1 is 1.18 bits per heavy atom. The third-order valence-corrected chi connectivity index (χ3v) is 7.00. The number of aryl methyl sites for hydroxylation is 2. The largest absolute Gasteiger partial charge is 0.339 e. The van der Waals surface area contributed by atoms with Gasteiger partial charge in [-0.15, -0.1) is 11.3 Å². The molecular formula is C14H19N3O3S2. The molecule has 1 fully saturated rings. The van der Waals surface area contributed by atoms with Gasteiger partial charge in [-0.3, -0.25) is 0 Å². The summed E-state index contributed by atoms with van der Waals surface area (Å²) < 4.78 is 32.3. The Bertz CT molecular complexity index is 756. The highest BCUT2D eigenvalue weighted by Crippen LogP contribution is 2.34. The second-order valence-corrected chi connectivity index (χ2v) is 8.65. The molecule has 0 bridgehead atoms. The van der Waals surface area contributed by atoms with E-state index in [0.717, 1.165) is 35.4 Å². The maximum atomic E-state index is 12.9. The standard InChI is InChI=1S/C14H19N3O3S2/c1-10-13(9-12(21-10)14-15-11(2)20-16-14)22(18,19)17-7-5-3-4-6-8-17/h9H,3-8H2,1-2H3. The number of hydrogen-bond acceptors (Lipinski definition) is 6. The van der Waals surface area contributed by atoms with Crippen molar-refractivity contribution < 1.29 is 12.9 Å². The van der Waals surface area contributed by atoms with E-state index in [4.69, 9.17) is 4.52 Å². The molecule has 0 spiro atoms. The summed E-state index contributed by atoms with van der Waals surface area (Å²) in [5.41, 5.74) is 0. The highest BCUT2D eigenvalue weighted by atomic mass is 32.2. The van der Waals surface area contributed by atoms with Gasteiger partial charge in [-0.05, 0) is 25.8 Å². The van der Waals surface area contributed by atoms with Crippen LogP contribution in [0.2, 0.25) is 0 Å². The summed E-state index contributed by atoms with van der Waals surface area (Å²) in [7, 11) is -3.44. The Balaban J connectivity index is 1.95. The summed E-state index contributed by atoms with van der Waals surface area (Å²) in [5.74, 6) is 0.917. The summed E-state index contributed by atoms with van der Waals surface area (Å²) >= 11 is 1.39. The van der Waals surface area contributed by atoms with E-state index in [-0.39, 0.29) is 0 Å². The normalized spacial score (nSPS) is 17.5. The van der Waals surface area contributed by atoms with Crippen molar-refractivity contribution in [3.63, 3.8) is 0 Å². The zero-order chi connectivity index (χ0) is 15.7. The minimum atomic E-state index is -3.44. The predicted molar refractivity (Wildman–Crippen MR) is 84.3 cm³/mol. The van der Waals surface area contributed by atoms with Crippen LogP contribution in [0.4, 0.5) is 0 Å². The van der Waals surface area contributed by atoms with Gasteiger partial charge in [0, 0.05) is 24.9 Å². The average molecular weight is 341 g/mol. The van der Waals surface area contributed by atoms with Crippen LogP contribution >= 0.6 is 11.3 Å². The molecule has 2 aromatic heterocycles. The van der Waals surface area contributed by atoms with E-state index in [1.165, 1.54) is 11.3 Å². The summed E-state index contributed by atoms with van der Waals surface area (Å²) in [4.78, 5) is 6.03. The molecule has 1 saturated heterocycles. The van der Waals surface area contributed by atoms with Gasteiger partial charge >= 0.3 is 0 Å². The fourth-order valence-electron chi connectivity index (χ4n) is 2.65. The van der Waals surface area contributed by atoms with Crippen molar-refractivity contribution in [2.24, 2.45) is 0 Å². The molecule has 0 saturated carbocycles. The number of sulfonamides is 1. The molecule has 0 aliphatic carbocycles. The molecule has 0 amide bonds. The number of aromatic nitrogens is 2. The fraction of sp³-hybridized carbons (Fsp3) is 0.571. The lowest BCUT2D eigenvalue weighted by atomic mass is 10.2. The Labute approximate surface area is 134 Å². The molecule has 2 aromatic rings. The summed E-state index contributed by atoms with van der Waals surface area (Å²) in [6.45, 7) is 4.75. The quantitative estimate of drug-likeness (QED) is 0.858. The van der Waals surface area contributed by atoms with Crippen LogP contribution in [-0.4, -0.2) is 36.0 Å². The van der Waals surface area contributed by atoms with Crippen LogP contribution in [0.15, 0.2) is 15.5 Å². The molecule has 6 nitrogen and oxygen atoms in total. The van der Waals surface area contributed by atoms with Crippen LogP contribution in [0.25, 0.3) is 10.7 Å². The number of rotatable bonds is 3. The zero-order valence-electron chi connectivity index (χ0n) is 12.7. The van der Waals surface area contributed by atoms with Gasteiger partial charge in [0.05, 0.1) is 9.77 Å². The SMILES string of the molecule is Cc1nc(-c2cc(S(=O)(=O)N3CCCCCC3)c(C)s2)no1. The topological polar surface area (TPSA) is 76.3 Å². The summed E-state index contributed by atoms with van der Waals surface area (Å²) in [5, 5.41) is 3.87. The van der Waals surface area contributed by atoms with E-state index >= 15 is 0 Å². The zero-order valence-corrected chi connectivity index (χ0v) is 14.3. The Hall–Kier alpha value is -1.25. The highest BCUT2D eigenvalue weighted by Gasteiger charge is 2.29. The molecule has 120 valence electrons. The summed E-state index contributed by atoms with van der Waals surface area (Å²) in [6.07, 6.45) is 4.06. The van der Waals surface area contributed by atoms with Crippen LogP contribution in [0.3, 0.4) is 0 Å². The molecule has 22 heavy (non-hydrogen) atoms. The fourth-order valence-corrected chi connectivity index (χ4v) is 5.66. The van der Waals surface area contributed by atoms with E-state index in [9.17, 15) is 8.42 Å². The lowest BCUT2D eigenvalue weighted by Crippen LogP contribution is -2.32. The van der Waals surface area contributed by atoms with Crippen molar-refractivity contribution in [1.82, 2.24) is 14.4 Å². The van der Waals surface area contributed by atoms with Crippen molar-refractivity contribution in [1.29, 1.82) is 0 Å². The van der Waals surface area contributed by atoms with Crippen molar-refractivity contribution in [3.8, 4) is 10.7 Å². The molecule has 0 N–H and O–H groups in total. The van der Waals surface area contributed by atoms with Gasteiger partial charge in [-0.1, -0.05) is 18.0 Å². The van der Waals surface area contributed by atoms with Crippen molar-refractivity contribution in [2.75, 3.05) is 13.1 Å². The molecule has 0 unspecified atom stereocenters. The maximum Gasteiger partial charge on any atom is 0.244 e. The Kier molecular flexibility index (Phi) is 4.33. The third-order valence-electron chi connectivity index (χ3n) is 3.80. The van der Waals surface area contributed by atoms with E-state index in [1.807, 2.05) is 6.92 Å². The molecule has 0 aromatic carbocycles. The van der Waals surface area contributed by atoms with Gasteiger partial charge in [0.1, 0.15) is 0 Å². The minimum absolute atomic E-state index is 0.372. The number of nitrogens with zero attached hydrogens (tertiary/aromatic N) is 3. The first-order valence-corrected chi connectivity index (χ1v) is 9.65. The van der Waals surface area contributed by atoms with E-state index in [1.54, 1.807) is 17.3 Å². The van der Waals surface area contributed by atoms with E-state index in [2.05, 4.69) is 10.1 Å². The van der Waals surface area contributed by atoms with Gasteiger partial charge < -0.3 is 4.52 Å². The smallest absolute Gasteiger partial charge is 0.244 e. The minimum Gasteiger partial charge on any atom is -0.339 e. The second kappa shape index (κ2) is 6.10. The molecule has 1 aliphatic heterocycles. The average Bonchev–Trinajstić information content (AvgIpc) is 2.95. The monoisotopic (exact) mass is 341 g/mol. The number of thiophene rings is 1. The van der Waals surface area contributed by atoms with Crippen LogP contribution in [0.1, 0.15) is 36.5 Å². The van der Waals surface area contributed by atoms with Crippen molar-refractivity contribution in [2.45, 2.75) is 44.4 Å². The van der Waals surface area contributed by atoms with E-state index < -0.39 is 10.0 Å². The second-order valence-electron chi connectivity index (χ2n) is 5.49. The first-order valence-electron chi connectivity index (χ1n) is 7.40. The predicted octanol–water partition coefficient (Wildman–Crippen LogP) is 2.98. The van der Waals surface area contributed by atoms with Crippen LogP contribution in [0, 0.1) is 13.8 Å². The first-order chi connectivity index (χ1) is 10.5. The Morgan fingerprint density at radius 3 is 2.45 bits per heavy atom. The lowest BCUT2D eigenvalue weighted by molar-refractivity contribution is 0.394. The molecule has 1 aliphatic rings. The molecule has 3 rings (SSSR count). The van der Waals surface area contributed by atoms with E-state index in [0.29, 0.717) is 29.7 Å². The van der Waals surface area contributed by atoms with Crippen molar-refractivity contribution >= 4 is 21.4 Å². The van der Waals surface area contributed by atoms with Crippen LogP contribution in [-0.2, 0) is 10.0 Å². The van der Waals surface area contributed by atoms with Gasteiger partial charge in [-0.25, -0.2) is 8.42 Å². The third kappa shape index (κ3) is 2.95.